The van der Waals surface area contributed by atoms with Crippen LogP contribution in [0, 0.1) is 6.92 Å². The third-order valence-electron chi connectivity index (χ3n) is 6.75. The minimum absolute atomic E-state index is 0.00462. The summed E-state index contributed by atoms with van der Waals surface area (Å²) in [4.78, 5) is 23.0. The van der Waals surface area contributed by atoms with Gasteiger partial charge in [0.05, 0.1) is 17.1 Å². The van der Waals surface area contributed by atoms with Crippen molar-refractivity contribution < 1.29 is 27.1 Å². The molecule has 0 radical (unpaired) electrons. The van der Waals surface area contributed by atoms with Crippen molar-refractivity contribution in [2.24, 2.45) is 4.99 Å². The summed E-state index contributed by atoms with van der Waals surface area (Å²) in [6.45, 7) is 6.06. The molecule has 8 nitrogen and oxygen atoms in total. The zero-order valence-corrected chi connectivity index (χ0v) is 26.0. The van der Waals surface area contributed by atoms with Crippen LogP contribution in [0.25, 0.3) is 17.1 Å². The Bertz CT molecular complexity index is 1720. The number of hydrogen-bond donors (Lipinski definition) is 1. The molecule has 1 fully saturated rings. The van der Waals surface area contributed by atoms with Gasteiger partial charge in [-0.2, -0.15) is 4.99 Å². The molecule has 5 rings (SSSR count). The number of alkyl halides is 4. The Morgan fingerprint density at radius 3 is 2.49 bits per heavy atom. The van der Waals surface area contributed by atoms with Crippen molar-refractivity contribution in [3.63, 3.8) is 0 Å². The second-order valence-electron chi connectivity index (χ2n) is 10.5. The van der Waals surface area contributed by atoms with E-state index in [1.54, 1.807) is 29.2 Å². The smallest absolute Gasteiger partial charge is 0.406 e. The van der Waals surface area contributed by atoms with Crippen molar-refractivity contribution >= 4 is 45.9 Å². The van der Waals surface area contributed by atoms with E-state index in [2.05, 4.69) is 39.0 Å². The summed E-state index contributed by atoms with van der Waals surface area (Å²) in [5.41, 5.74) is 4.61. The molecule has 1 amide bonds. The van der Waals surface area contributed by atoms with Gasteiger partial charge in [-0.25, -0.2) is 14.1 Å². The van der Waals surface area contributed by atoms with Crippen LogP contribution in [0.15, 0.2) is 78.0 Å². The number of aliphatic imine (C=N–C) groups is 1. The van der Waals surface area contributed by atoms with Gasteiger partial charge in [0.25, 0.3) is 0 Å². The van der Waals surface area contributed by atoms with E-state index in [-0.39, 0.29) is 34.9 Å². The van der Waals surface area contributed by atoms with Crippen molar-refractivity contribution in [2.75, 3.05) is 10.7 Å². The van der Waals surface area contributed by atoms with E-state index in [0.717, 1.165) is 16.8 Å². The molecular formula is C31H28F4N6O2S2. The number of carbonyl (C=O) groups excluding carboxylic acids is 1. The molecular weight excluding hydrogens is 629 g/mol. The number of benzene rings is 3. The molecule has 1 saturated heterocycles. The number of anilines is 1. The molecule has 0 saturated carbocycles. The highest BCUT2D eigenvalue weighted by molar-refractivity contribution is 8.15. The Kier molecular flexibility index (Phi) is 9.53. The van der Waals surface area contributed by atoms with Gasteiger partial charge >= 0.3 is 6.36 Å². The van der Waals surface area contributed by atoms with Gasteiger partial charge in [0.15, 0.2) is 22.4 Å². The highest BCUT2D eigenvalue weighted by atomic mass is 32.2. The highest BCUT2D eigenvalue weighted by Crippen LogP contribution is 2.34. The summed E-state index contributed by atoms with van der Waals surface area (Å²) in [6.07, 6.45) is -4.86. The fourth-order valence-corrected chi connectivity index (χ4v) is 5.78. The summed E-state index contributed by atoms with van der Waals surface area (Å²) >= 11 is 6.58. The van der Waals surface area contributed by atoms with E-state index in [4.69, 9.17) is 12.2 Å². The van der Waals surface area contributed by atoms with E-state index in [9.17, 15) is 18.0 Å². The number of thioether (sulfide) groups is 1. The number of hydrogen-bond acceptors (Lipinski definition) is 6. The van der Waals surface area contributed by atoms with Crippen LogP contribution in [0.2, 0.25) is 0 Å². The van der Waals surface area contributed by atoms with Crippen LogP contribution in [0.3, 0.4) is 0 Å². The highest BCUT2D eigenvalue weighted by Gasteiger charge is 2.32. The quantitative estimate of drug-likeness (QED) is 0.123. The van der Waals surface area contributed by atoms with Crippen LogP contribution in [0.1, 0.15) is 36.5 Å². The van der Waals surface area contributed by atoms with Crippen molar-refractivity contribution in [1.29, 1.82) is 0 Å². The molecule has 1 N–H and O–H groups in total. The average molecular weight is 657 g/mol. The van der Waals surface area contributed by atoms with Gasteiger partial charge in [-0.1, -0.05) is 62.0 Å². The van der Waals surface area contributed by atoms with E-state index in [0.29, 0.717) is 27.8 Å². The lowest BCUT2D eigenvalue weighted by Crippen LogP contribution is -2.34. The molecule has 1 unspecified atom stereocenters. The molecule has 0 bridgehead atoms. The minimum atomic E-state index is -4.77. The van der Waals surface area contributed by atoms with E-state index < -0.39 is 12.7 Å². The maximum absolute atomic E-state index is 15.0. The topological polar surface area (TPSA) is 84.6 Å². The molecule has 45 heavy (non-hydrogen) atoms. The number of nitrogens with one attached hydrogen (secondary N) is 1. The largest absolute Gasteiger partial charge is 0.573 e. The van der Waals surface area contributed by atoms with Crippen LogP contribution < -0.4 is 15.0 Å². The number of thiocarbonyl (C=S) groups is 1. The Labute approximate surface area is 266 Å². The zero-order valence-electron chi connectivity index (χ0n) is 24.4. The molecule has 1 aliphatic heterocycles. The number of amidine groups is 1. The fraction of sp³-hybridized carbons (Fsp3) is 0.258. The summed E-state index contributed by atoms with van der Waals surface area (Å²) < 4.78 is 57.5. The van der Waals surface area contributed by atoms with Gasteiger partial charge in [-0.15, -0.1) is 18.3 Å². The maximum atomic E-state index is 15.0. The van der Waals surface area contributed by atoms with Gasteiger partial charge in [0, 0.05) is 12.0 Å². The Morgan fingerprint density at radius 2 is 1.82 bits per heavy atom. The van der Waals surface area contributed by atoms with Crippen molar-refractivity contribution in [1.82, 2.24) is 20.1 Å². The lowest BCUT2D eigenvalue weighted by atomic mass is 9.99. The first-order valence-corrected chi connectivity index (χ1v) is 15.2. The fourth-order valence-electron chi connectivity index (χ4n) is 4.64. The minimum Gasteiger partial charge on any atom is -0.406 e. The number of amides is 1. The summed E-state index contributed by atoms with van der Waals surface area (Å²) in [5.74, 6) is 0.327. The molecule has 3 aromatic carbocycles. The third kappa shape index (κ3) is 8.05. The Balaban J connectivity index is 1.20. The monoisotopic (exact) mass is 656 g/mol. The van der Waals surface area contributed by atoms with E-state index in [1.165, 1.54) is 47.0 Å². The van der Waals surface area contributed by atoms with Gasteiger partial charge in [0.2, 0.25) is 5.91 Å². The van der Waals surface area contributed by atoms with E-state index >= 15 is 4.39 Å². The average Bonchev–Trinajstić information content (AvgIpc) is 3.60. The summed E-state index contributed by atoms with van der Waals surface area (Å²) in [7, 11) is 0. The standard InChI is InChI=1S/C31H28F4N6O2S2/c1-18(2)24-13-4-19(3)14-25(24)41-27(42)16-45-30(41)38-29(44)37-26(32)15-20-5-7-21(8-6-20)28-36-17-40(39-28)22-9-11-23(12-10-22)43-31(33,34)35/h4-14,17-18,26H,15-16H2,1-3H3,(H,37,44)/b38-30-. The number of aromatic nitrogens is 3. The lowest BCUT2D eigenvalue weighted by molar-refractivity contribution is -0.274. The van der Waals surface area contributed by atoms with Crippen LogP contribution in [-0.4, -0.2) is 49.4 Å². The van der Waals surface area contributed by atoms with Gasteiger partial charge in [0.1, 0.15) is 12.1 Å². The summed E-state index contributed by atoms with van der Waals surface area (Å²) in [6, 6.07) is 18.1. The number of aryl methyl sites for hydroxylation is 1. The zero-order chi connectivity index (χ0) is 32.3. The van der Waals surface area contributed by atoms with E-state index in [1.807, 2.05) is 25.1 Å². The molecule has 1 atom stereocenters. The Hall–Kier alpha value is -4.30. The van der Waals surface area contributed by atoms with Crippen LogP contribution >= 0.6 is 24.0 Å². The number of rotatable bonds is 8. The summed E-state index contributed by atoms with van der Waals surface area (Å²) in [5, 5.41) is 7.32. The normalized spacial score (nSPS) is 15.2. The van der Waals surface area contributed by atoms with Crippen molar-refractivity contribution in [3.8, 4) is 22.8 Å². The van der Waals surface area contributed by atoms with Gasteiger partial charge < -0.3 is 10.1 Å². The molecule has 0 aliphatic carbocycles. The number of carbonyl (C=O) groups is 1. The molecule has 14 heteroatoms. The molecule has 234 valence electrons. The molecule has 2 heterocycles. The predicted molar refractivity (Wildman–Crippen MR) is 170 cm³/mol. The molecule has 4 aromatic rings. The lowest BCUT2D eigenvalue weighted by Gasteiger charge is -2.22. The second-order valence-corrected chi connectivity index (χ2v) is 11.8. The Morgan fingerprint density at radius 1 is 1.11 bits per heavy atom. The molecule has 1 aliphatic rings. The maximum Gasteiger partial charge on any atom is 0.573 e. The van der Waals surface area contributed by atoms with Crippen molar-refractivity contribution in [2.45, 2.75) is 45.8 Å². The number of nitrogens with zero attached hydrogens (tertiary/aromatic N) is 5. The van der Waals surface area contributed by atoms with Crippen LogP contribution in [0.4, 0.5) is 23.2 Å². The second kappa shape index (κ2) is 13.4. The van der Waals surface area contributed by atoms with Crippen LogP contribution in [-0.2, 0) is 11.2 Å². The molecule has 0 spiro atoms. The first kappa shape index (κ1) is 32.1. The van der Waals surface area contributed by atoms with Gasteiger partial charge in [-0.3, -0.25) is 9.69 Å². The van der Waals surface area contributed by atoms with Gasteiger partial charge in [-0.05, 0) is 72.1 Å². The SMILES string of the molecule is Cc1ccc(C(C)C)c(N2C(=O)CS/C2=N\C(=S)NC(F)Cc2ccc(-c3ncn(-c4ccc(OC(F)(F)F)cc4)n3)cc2)c1. The first-order valence-electron chi connectivity index (χ1n) is 13.8. The number of halogens is 4. The van der Waals surface area contributed by atoms with Crippen LogP contribution in [0.5, 0.6) is 5.75 Å². The predicted octanol–water partition coefficient (Wildman–Crippen LogP) is 7.11. The van der Waals surface area contributed by atoms with Crippen molar-refractivity contribution in [3.05, 3.63) is 89.7 Å². The molecule has 1 aromatic heterocycles. The first-order chi connectivity index (χ1) is 21.4. The number of ether oxygens (including phenoxy) is 1. The third-order valence-corrected chi connectivity index (χ3v) is 7.88.